The van der Waals surface area contributed by atoms with Crippen molar-refractivity contribution < 1.29 is 17.2 Å². The van der Waals surface area contributed by atoms with Gasteiger partial charge in [-0.05, 0) is 12.3 Å². The van der Waals surface area contributed by atoms with Gasteiger partial charge in [-0.15, -0.1) is 0 Å². The number of alkyl halides is 1. The minimum atomic E-state index is -3.75. The average molecular weight is 428 g/mol. The van der Waals surface area contributed by atoms with Crippen LogP contribution < -0.4 is 0 Å². The van der Waals surface area contributed by atoms with E-state index in [1.54, 1.807) is 0 Å². The summed E-state index contributed by atoms with van der Waals surface area (Å²) in [5, 5.41) is 0. The van der Waals surface area contributed by atoms with E-state index in [4.69, 9.17) is 9.79 Å². The van der Waals surface area contributed by atoms with Crippen LogP contribution in [-0.2, 0) is 4.57 Å². The summed E-state index contributed by atoms with van der Waals surface area (Å²) in [5.74, 6) is 1.81. The SMILES string of the molecule is CBr.CCCCCCCCCCCCCCCCP(=O)(O)O.[H-].[H-].[Mg+2]. The van der Waals surface area contributed by atoms with Gasteiger partial charge in [0.1, 0.15) is 0 Å². The molecule has 0 fully saturated rings. The molecule has 2 N–H and O–H groups in total. The van der Waals surface area contributed by atoms with E-state index >= 15 is 0 Å². The molecule has 0 aromatic carbocycles. The molecule has 0 unspecified atom stereocenters. The summed E-state index contributed by atoms with van der Waals surface area (Å²) in [7, 11) is -3.75. The summed E-state index contributed by atoms with van der Waals surface area (Å²) in [6, 6.07) is 0. The third-order valence-corrected chi connectivity index (χ3v) is 4.70. The zero-order valence-electron chi connectivity index (χ0n) is 17.4. The maximum absolute atomic E-state index is 10.6. The number of rotatable bonds is 15. The van der Waals surface area contributed by atoms with Crippen LogP contribution in [0.4, 0.5) is 0 Å². The van der Waals surface area contributed by atoms with Crippen LogP contribution in [0.1, 0.15) is 99.7 Å². The van der Waals surface area contributed by atoms with Crippen LogP contribution in [0.3, 0.4) is 0 Å². The molecule has 23 heavy (non-hydrogen) atoms. The molecular formula is C17H40BrMgO3P. The topological polar surface area (TPSA) is 57.5 Å². The van der Waals surface area contributed by atoms with Gasteiger partial charge >= 0.3 is 30.6 Å². The van der Waals surface area contributed by atoms with Gasteiger partial charge in [0.25, 0.3) is 0 Å². The van der Waals surface area contributed by atoms with Crippen LogP contribution in [0.2, 0.25) is 0 Å². The third kappa shape index (κ3) is 31.6. The van der Waals surface area contributed by atoms with Crippen molar-refractivity contribution in [3.8, 4) is 0 Å². The Bertz CT molecular complexity index is 260. The van der Waals surface area contributed by atoms with E-state index in [1.807, 2.05) is 5.83 Å². The molecule has 3 nitrogen and oxygen atoms in total. The van der Waals surface area contributed by atoms with Crippen molar-refractivity contribution in [2.45, 2.75) is 96.8 Å². The first-order chi connectivity index (χ1) is 10.6. The summed E-state index contributed by atoms with van der Waals surface area (Å²) in [5.41, 5.74) is 0. The van der Waals surface area contributed by atoms with Crippen LogP contribution >= 0.6 is 23.5 Å². The van der Waals surface area contributed by atoms with E-state index in [-0.39, 0.29) is 32.1 Å². The predicted octanol–water partition coefficient (Wildman–Crippen LogP) is 6.50. The molecule has 0 spiro atoms. The van der Waals surface area contributed by atoms with Crippen LogP contribution in [0.5, 0.6) is 0 Å². The summed E-state index contributed by atoms with van der Waals surface area (Å²) in [4.78, 5) is 17.4. The van der Waals surface area contributed by atoms with E-state index in [0.29, 0.717) is 6.42 Å². The van der Waals surface area contributed by atoms with E-state index < -0.39 is 7.60 Å². The van der Waals surface area contributed by atoms with Crippen molar-refractivity contribution in [1.82, 2.24) is 0 Å². The maximum atomic E-state index is 10.6. The summed E-state index contributed by atoms with van der Waals surface area (Å²) in [6.45, 7) is 2.26. The molecule has 0 saturated heterocycles. The van der Waals surface area contributed by atoms with E-state index in [2.05, 4.69) is 22.9 Å². The molecule has 0 rings (SSSR count). The molecule has 0 saturated carbocycles. The zero-order chi connectivity index (χ0) is 17.1. The van der Waals surface area contributed by atoms with Gasteiger partial charge in [-0.2, -0.15) is 0 Å². The van der Waals surface area contributed by atoms with Crippen molar-refractivity contribution in [3.63, 3.8) is 0 Å². The number of unbranched alkanes of at least 4 members (excludes halogenated alkanes) is 13. The Kier molecular flexibility index (Phi) is 29.7. The molecule has 0 bridgehead atoms. The van der Waals surface area contributed by atoms with Gasteiger partial charge in [-0.3, -0.25) is 4.57 Å². The van der Waals surface area contributed by atoms with Gasteiger partial charge in [-0.1, -0.05) is 106 Å². The Morgan fingerprint density at radius 2 is 0.957 bits per heavy atom. The van der Waals surface area contributed by atoms with Crippen LogP contribution in [0, 0.1) is 0 Å². The van der Waals surface area contributed by atoms with E-state index in [0.717, 1.165) is 12.8 Å². The molecule has 0 amide bonds. The number of halogens is 1. The average Bonchev–Trinajstić information content (AvgIpc) is 2.48. The number of hydrogen-bond donors (Lipinski definition) is 2. The second-order valence-electron chi connectivity index (χ2n) is 5.98. The second kappa shape index (κ2) is 23.4. The molecule has 0 aromatic rings. The summed E-state index contributed by atoms with van der Waals surface area (Å²) < 4.78 is 10.6. The quantitative estimate of drug-likeness (QED) is 0.136. The minimum Gasteiger partial charge on any atom is -1.00 e. The normalized spacial score (nSPS) is 10.7. The molecule has 6 heteroatoms. The Morgan fingerprint density at radius 3 is 1.22 bits per heavy atom. The molecule has 0 atom stereocenters. The van der Waals surface area contributed by atoms with Crippen molar-refractivity contribution >= 4 is 46.6 Å². The van der Waals surface area contributed by atoms with Crippen LogP contribution in [-0.4, -0.2) is 44.8 Å². The largest absolute Gasteiger partial charge is 2.00 e. The van der Waals surface area contributed by atoms with Gasteiger partial charge < -0.3 is 12.6 Å². The zero-order valence-corrected chi connectivity index (χ0v) is 19.3. The van der Waals surface area contributed by atoms with Crippen molar-refractivity contribution in [2.24, 2.45) is 0 Å². The molecule has 0 aliphatic rings. The molecule has 140 valence electrons. The van der Waals surface area contributed by atoms with Gasteiger partial charge in [0.15, 0.2) is 0 Å². The molecule has 0 aliphatic heterocycles. The minimum absolute atomic E-state index is 0. The Balaban J connectivity index is -0.000000256. The molecule has 0 aromatic heterocycles. The predicted molar refractivity (Wildman–Crippen MR) is 110 cm³/mol. The van der Waals surface area contributed by atoms with E-state index in [9.17, 15) is 4.57 Å². The fraction of sp³-hybridized carbons (Fsp3) is 1.00. The standard InChI is InChI=1S/C16H35O3P.CH3Br.Mg.2H/c1-2-3-4-5-6-7-8-9-10-11-12-13-14-15-16-20(17,18)19;1-2;;;/h2-16H2,1H3,(H2,17,18,19);1H3;;;/q;;+2;2*-1. The van der Waals surface area contributed by atoms with Crippen molar-refractivity contribution in [2.75, 3.05) is 12.0 Å². The van der Waals surface area contributed by atoms with Gasteiger partial charge in [0, 0.05) is 6.16 Å². The van der Waals surface area contributed by atoms with E-state index in [1.165, 1.54) is 70.6 Å². The smallest absolute Gasteiger partial charge is 1.00 e. The molecular weight excluding hydrogens is 387 g/mol. The first kappa shape index (κ1) is 29.2. The van der Waals surface area contributed by atoms with Gasteiger partial charge in [-0.25, -0.2) is 0 Å². The summed E-state index contributed by atoms with van der Waals surface area (Å²) >= 11 is 2.94. The third-order valence-electron chi connectivity index (χ3n) is 3.80. The first-order valence-corrected chi connectivity index (χ1v) is 12.4. The summed E-state index contributed by atoms with van der Waals surface area (Å²) in [6.07, 6.45) is 17.7. The molecule has 0 heterocycles. The Hall–Kier alpha value is 1.40. The van der Waals surface area contributed by atoms with Crippen molar-refractivity contribution in [3.05, 3.63) is 0 Å². The van der Waals surface area contributed by atoms with Crippen molar-refractivity contribution in [1.29, 1.82) is 0 Å². The van der Waals surface area contributed by atoms with Crippen LogP contribution in [0.15, 0.2) is 0 Å². The Morgan fingerprint density at radius 1 is 0.696 bits per heavy atom. The first-order valence-electron chi connectivity index (χ1n) is 8.98. The fourth-order valence-corrected chi connectivity index (χ4v) is 3.15. The fourth-order valence-electron chi connectivity index (χ4n) is 2.51. The van der Waals surface area contributed by atoms with Gasteiger partial charge in [0.05, 0.1) is 0 Å². The second-order valence-corrected chi connectivity index (χ2v) is 7.76. The maximum Gasteiger partial charge on any atom is 2.00 e. The molecule has 0 aliphatic carbocycles. The van der Waals surface area contributed by atoms with Crippen LogP contribution in [0.25, 0.3) is 0 Å². The van der Waals surface area contributed by atoms with Gasteiger partial charge in [0.2, 0.25) is 0 Å². The monoisotopic (exact) mass is 426 g/mol. The Labute approximate surface area is 172 Å². The number of hydrogen-bond acceptors (Lipinski definition) is 1. The molecule has 0 radical (unpaired) electrons.